The molecule has 0 spiro atoms. The van der Waals surface area contributed by atoms with Crippen LogP contribution in [0.3, 0.4) is 0 Å². The van der Waals surface area contributed by atoms with E-state index in [1.165, 1.54) is 29.5 Å². The minimum absolute atomic E-state index is 0.120. The van der Waals surface area contributed by atoms with Gasteiger partial charge in [-0.05, 0) is 59.7 Å². The van der Waals surface area contributed by atoms with Crippen molar-refractivity contribution in [3.8, 4) is 27.4 Å². The van der Waals surface area contributed by atoms with Crippen molar-refractivity contribution in [3.63, 3.8) is 0 Å². The smallest absolute Gasteiger partial charge is 0.256 e. The zero-order valence-corrected chi connectivity index (χ0v) is 20.1. The van der Waals surface area contributed by atoms with Crippen molar-refractivity contribution in [2.24, 2.45) is 0 Å². The number of rotatable bonds is 6. The molecule has 1 amide bonds. The van der Waals surface area contributed by atoms with Gasteiger partial charge in [0, 0.05) is 34.6 Å². The predicted molar refractivity (Wildman–Crippen MR) is 132 cm³/mol. The van der Waals surface area contributed by atoms with Crippen LogP contribution in [0.25, 0.3) is 21.7 Å². The molecule has 0 bridgehead atoms. The van der Waals surface area contributed by atoms with Crippen molar-refractivity contribution in [2.45, 2.75) is 4.90 Å². The molecule has 3 aromatic carbocycles. The fourth-order valence-electron chi connectivity index (χ4n) is 3.30. The van der Waals surface area contributed by atoms with Crippen LogP contribution in [0.5, 0.6) is 5.75 Å². The number of aromatic nitrogens is 1. The molecular formula is C24H19ClN2O4S2. The Labute approximate surface area is 200 Å². The number of hydrogen-bond donors (Lipinski definition) is 1. The van der Waals surface area contributed by atoms with Crippen LogP contribution in [0, 0.1) is 0 Å². The monoisotopic (exact) mass is 498 g/mol. The summed E-state index contributed by atoms with van der Waals surface area (Å²) >= 11 is 7.76. The molecule has 4 aromatic rings. The standard InChI is InChI=1S/C24H19ClN2O4S2/c1-31-17-5-3-4-15(12-17)20-14-18(33(2,29)30)7-8-19(20)23(28)27-16-6-9-22(25)21(13-16)24-26-10-11-32-24/h3-14H,1-2H3,(H,27,28). The molecule has 0 saturated carbocycles. The van der Waals surface area contributed by atoms with Gasteiger partial charge in [0.25, 0.3) is 5.91 Å². The molecule has 1 heterocycles. The van der Waals surface area contributed by atoms with E-state index < -0.39 is 9.84 Å². The van der Waals surface area contributed by atoms with Crippen molar-refractivity contribution in [1.82, 2.24) is 4.98 Å². The van der Waals surface area contributed by atoms with E-state index in [2.05, 4.69) is 10.3 Å². The molecule has 33 heavy (non-hydrogen) atoms. The van der Waals surface area contributed by atoms with Crippen molar-refractivity contribution in [2.75, 3.05) is 18.7 Å². The lowest BCUT2D eigenvalue weighted by Crippen LogP contribution is -2.14. The summed E-state index contributed by atoms with van der Waals surface area (Å²) < 4.78 is 29.6. The molecule has 0 atom stereocenters. The Morgan fingerprint density at radius 1 is 1.06 bits per heavy atom. The second-order valence-electron chi connectivity index (χ2n) is 7.20. The van der Waals surface area contributed by atoms with E-state index in [4.69, 9.17) is 16.3 Å². The molecule has 0 saturated heterocycles. The number of carbonyl (C=O) groups is 1. The molecule has 168 valence electrons. The van der Waals surface area contributed by atoms with E-state index in [-0.39, 0.29) is 10.8 Å². The maximum Gasteiger partial charge on any atom is 0.256 e. The number of nitrogens with zero attached hydrogens (tertiary/aromatic N) is 1. The number of sulfone groups is 1. The van der Waals surface area contributed by atoms with Crippen LogP contribution in [0.4, 0.5) is 5.69 Å². The van der Waals surface area contributed by atoms with Crippen LogP contribution in [0.15, 0.2) is 77.1 Å². The van der Waals surface area contributed by atoms with Crippen LogP contribution in [-0.2, 0) is 9.84 Å². The Kier molecular flexibility index (Phi) is 6.51. The van der Waals surface area contributed by atoms with E-state index in [0.29, 0.717) is 38.7 Å². The van der Waals surface area contributed by atoms with Gasteiger partial charge in [-0.1, -0.05) is 23.7 Å². The number of nitrogens with one attached hydrogen (secondary N) is 1. The molecule has 0 radical (unpaired) electrons. The Morgan fingerprint density at radius 2 is 1.88 bits per heavy atom. The van der Waals surface area contributed by atoms with Gasteiger partial charge in [0.15, 0.2) is 9.84 Å². The Bertz CT molecular complexity index is 1430. The molecule has 6 nitrogen and oxygen atoms in total. The highest BCUT2D eigenvalue weighted by atomic mass is 35.5. The first-order chi connectivity index (χ1) is 15.8. The topological polar surface area (TPSA) is 85.4 Å². The Morgan fingerprint density at radius 3 is 2.58 bits per heavy atom. The number of carbonyl (C=O) groups excluding carboxylic acids is 1. The summed E-state index contributed by atoms with van der Waals surface area (Å²) in [6.45, 7) is 0. The van der Waals surface area contributed by atoms with Crippen LogP contribution >= 0.6 is 22.9 Å². The highest BCUT2D eigenvalue weighted by molar-refractivity contribution is 7.90. The number of hydrogen-bond acceptors (Lipinski definition) is 6. The minimum Gasteiger partial charge on any atom is -0.497 e. The van der Waals surface area contributed by atoms with Crippen molar-refractivity contribution >= 4 is 44.4 Å². The quantitative estimate of drug-likeness (QED) is 0.363. The maximum atomic E-state index is 13.3. The zero-order chi connectivity index (χ0) is 23.6. The number of benzene rings is 3. The van der Waals surface area contributed by atoms with E-state index in [1.807, 2.05) is 5.38 Å². The number of anilines is 1. The third-order valence-electron chi connectivity index (χ3n) is 4.93. The molecule has 1 aromatic heterocycles. The van der Waals surface area contributed by atoms with Crippen molar-refractivity contribution in [1.29, 1.82) is 0 Å². The number of amides is 1. The summed E-state index contributed by atoms with van der Waals surface area (Å²) in [6.07, 6.45) is 2.82. The number of methoxy groups -OCH3 is 1. The summed E-state index contributed by atoms with van der Waals surface area (Å²) in [5, 5.41) is 6.00. The fraction of sp³-hybridized carbons (Fsp3) is 0.0833. The first-order valence-corrected chi connectivity index (χ1v) is 12.9. The molecule has 9 heteroatoms. The van der Waals surface area contributed by atoms with Gasteiger partial charge in [0.1, 0.15) is 10.8 Å². The second-order valence-corrected chi connectivity index (χ2v) is 10.5. The zero-order valence-electron chi connectivity index (χ0n) is 17.7. The van der Waals surface area contributed by atoms with Gasteiger partial charge in [-0.25, -0.2) is 13.4 Å². The van der Waals surface area contributed by atoms with Gasteiger partial charge in [0.2, 0.25) is 0 Å². The average Bonchev–Trinajstić information content (AvgIpc) is 3.34. The first kappa shape index (κ1) is 23.0. The van der Waals surface area contributed by atoms with Crippen molar-refractivity contribution in [3.05, 3.63) is 82.8 Å². The number of thiazole rings is 1. The van der Waals surface area contributed by atoms with E-state index in [0.717, 1.165) is 11.3 Å². The van der Waals surface area contributed by atoms with Crippen LogP contribution in [0.1, 0.15) is 10.4 Å². The van der Waals surface area contributed by atoms with Crippen molar-refractivity contribution < 1.29 is 17.9 Å². The van der Waals surface area contributed by atoms with E-state index in [9.17, 15) is 13.2 Å². The Balaban J connectivity index is 1.75. The highest BCUT2D eigenvalue weighted by Gasteiger charge is 2.18. The molecule has 4 rings (SSSR count). The third-order valence-corrected chi connectivity index (χ3v) is 7.18. The van der Waals surface area contributed by atoms with Gasteiger partial charge in [-0.2, -0.15) is 0 Å². The molecule has 0 fully saturated rings. The van der Waals surface area contributed by atoms with Crippen LogP contribution in [-0.4, -0.2) is 32.7 Å². The lowest BCUT2D eigenvalue weighted by Gasteiger charge is -2.14. The van der Waals surface area contributed by atoms with Crippen LogP contribution < -0.4 is 10.1 Å². The fourth-order valence-corrected chi connectivity index (χ4v) is 4.88. The summed E-state index contributed by atoms with van der Waals surface area (Å²) in [5.74, 6) is 0.203. The normalized spacial score (nSPS) is 11.2. The summed E-state index contributed by atoms with van der Waals surface area (Å²) in [7, 11) is -1.93. The molecule has 0 aliphatic rings. The molecule has 1 N–H and O–H groups in total. The summed E-state index contributed by atoms with van der Waals surface area (Å²) in [5.41, 5.74) is 2.71. The van der Waals surface area contributed by atoms with Gasteiger partial charge >= 0.3 is 0 Å². The van der Waals surface area contributed by atoms with Gasteiger partial charge < -0.3 is 10.1 Å². The second kappa shape index (κ2) is 9.35. The predicted octanol–water partition coefficient (Wildman–Crippen LogP) is 5.79. The molecule has 0 unspecified atom stereocenters. The SMILES string of the molecule is COc1cccc(-c2cc(S(C)(=O)=O)ccc2C(=O)Nc2ccc(Cl)c(-c3nccs3)c2)c1. The van der Waals surface area contributed by atoms with Crippen LogP contribution in [0.2, 0.25) is 5.02 Å². The largest absolute Gasteiger partial charge is 0.497 e. The number of ether oxygens (including phenoxy) is 1. The lowest BCUT2D eigenvalue weighted by molar-refractivity contribution is 0.102. The first-order valence-electron chi connectivity index (χ1n) is 9.75. The number of halogens is 1. The van der Waals surface area contributed by atoms with Gasteiger partial charge in [-0.15, -0.1) is 11.3 Å². The molecular weight excluding hydrogens is 480 g/mol. The summed E-state index contributed by atoms with van der Waals surface area (Å²) in [4.78, 5) is 17.7. The Hall–Kier alpha value is -3.20. The molecule has 0 aliphatic heterocycles. The van der Waals surface area contributed by atoms with E-state index >= 15 is 0 Å². The third kappa shape index (κ3) is 5.08. The minimum atomic E-state index is -3.47. The summed E-state index contributed by atoms with van der Waals surface area (Å²) in [6, 6.07) is 16.7. The maximum absolute atomic E-state index is 13.3. The highest BCUT2D eigenvalue weighted by Crippen LogP contribution is 2.33. The average molecular weight is 499 g/mol. The lowest BCUT2D eigenvalue weighted by atomic mass is 9.98. The van der Waals surface area contributed by atoms with E-state index in [1.54, 1.807) is 55.8 Å². The van der Waals surface area contributed by atoms with Gasteiger partial charge in [0.05, 0.1) is 17.0 Å². The molecule has 0 aliphatic carbocycles. The van der Waals surface area contributed by atoms with Gasteiger partial charge in [-0.3, -0.25) is 4.79 Å².